The number of aromatic amines is 1. The maximum absolute atomic E-state index is 4.32. The second-order valence-corrected chi connectivity index (χ2v) is 7.03. The van der Waals surface area contributed by atoms with E-state index in [-0.39, 0.29) is 24.0 Å². The van der Waals surface area contributed by atoms with Crippen LogP contribution in [0.25, 0.3) is 10.9 Å². The van der Waals surface area contributed by atoms with Gasteiger partial charge < -0.3 is 20.5 Å². The smallest absolute Gasteiger partial charge is 0.191 e. The van der Waals surface area contributed by atoms with Gasteiger partial charge in [-0.2, -0.15) is 0 Å². The van der Waals surface area contributed by atoms with Gasteiger partial charge in [0, 0.05) is 57.0 Å². The van der Waals surface area contributed by atoms with Gasteiger partial charge in [-0.25, -0.2) is 0 Å². The van der Waals surface area contributed by atoms with Gasteiger partial charge in [0.15, 0.2) is 5.96 Å². The Morgan fingerprint density at radius 2 is 1.82 bits per heavy atom. The summed E-state index contributed by atoms with van der Waals surface area (Å²) in [5.41, 5.74) is 6.24. The highest BCUT2D eigenvalue weighted by Crippen LogP contribution is 2.19. The van der Waals surface area contributed by atoms with E-state index in [4.69, 9.17) is 0 Å². The number of fused-ring (bicyclic) bond motifs is 1. The zero-order valence-corrected chi connectivity index (χ0v) is 19.4. The average molecular weight is 491 g/mol. The fourth-order valence-corrected chi connectivity index (χ4v) is 3.14. The summed E-state index contributed by atoms with van der Waals surface area (Å²) in [6.07, 6.45) is 3.05. The van der Waals surface area contributed by atoms with Crippen LogP contribution in [0.3, 0.4) is 0 Å². The molecular formula is C22H30IN5. The number of aliphatic imine (C=N–C) groups is 1. The van der Waals surface area contributed by atoms with Crippen molar-refractivity contribution < 1.29 is 0 Å². The Morgan fingerprint density at radius 3 is 2.50 bits per heavy atom. The number of aromatic nitrogens is 1. The number of aryl methyl sites for hydroxylation is 1. The lowest BCUT2D eigenvalue weighted by atomic mass is 10.1. The van der Waals surface area contributed by atoms with Crippen molar-refractivity contribution >= 4 is 46.5 Å². The normalized spacial score (nSPS) is 11.2. The predicted octanol–water partition coefficient (Wildman–Crippen LogP) is 4.07. The third-order valence-corrected chi connectivity index (χ3v) is 4.75. The molecule has 0 radical (unpaired) electrons. The van der Waals surface area contributed by atoms with Crippen LogP contribution in [0, 0.1) is 6.92 Å². The highest BCUT2D eigenvalue weighted by molar-refractivity contribution is 14.0. The number of hydrogen-bond donors (Lipinski definition) is 3. The molecule has 0 unspecified atom stereocenters. The quantitative estimate of drug-likeness (QED) is 0.277. The van der Waals surface area contributed by atoms with Crippen molar-refractivity contribution in [3.63, 3.8) is 0 Å². The molecule has 1 heterocycles. The number of hydrogen-bond acceptors (Lipinski definition) is 2. The fraction of sp³-hybridized carbons (Fsp3) is 0.318. The molecule has 0 fully saturated rings. The van der Waals surface area contributed by atoms with Crippen molar-refractivity contribution in [2.45, 2.75) is 19.9 Å². The molecule has 0 spiro atoms. The standard InChI is InChI=1S/C22H29N5.HI/c1-16-5-10-20-18(15-25-21(20)13-16)11-12-24-22(23-2)26-14-17-6-8-19(9-7-17)27(3)4;/h5-10,13,15,25H,11-12,14H2,1-4H3,(H2,23,24,26);1H. The molecule has 0 atom stereocenters. The Hall–Kier alpha value is -2.22. The maximum atomic E-state index is 4.32. The number of halogens is 1. The first-order valence-corrected chi connectivity index (χ1v) is 9.34. The van der Waals surface area contributed by atoms with Crippen LogP contribution in [0.4, 0.5) is 5.69 Å². The van der Waals surface area contributed by atoms with E-state index in [1.54, 1.807) is 7.05 Å². The Bertz CT molecular complexity index is 912. The van der Waals surface area contributed by atoms with Gasteiger partial charge in [-0.3, -0.25) is 4.99 Å². The van der Waals surface area contributed by atoms with Gasteiger partial charge in [0.05, 0.1) is 0 Å². The lowest BCUT2D eigenvalue weighted by molar-refractivity contribution is 0.796. The summed E-state index contributed by atoms with van der Waals surface area (Å²) in [5.74, 6) is 0.822. The van der Waals surface area contributed by atoms with Gasteiger partial charge in [0.2, 0.25) is 0 Å². The number of benzene rings is 2. The van der Waals surface area contributed by atoms with Crippen LogP contribution in [-0.2, 0) is 13.0 Å². The molecule has 3 N–H and O–H groups in total. The summed E-state index contributed by atoms with van der Waals surface area (Å²) in [6, 6.07) is 15.1. The van der Waals surface area contributed by atoms with Crippen molar-refractivity contribution in [3.8, 4) is 0 Å². The van der Waals surface area contributed by atoms with Gasteiger partial charge in [0.1, 0.15) is 0 Å². The zero-order valence-electron chi connectivity index (χ0n) is 17.0. The second-order valence-electron chi connectivity index (χ2n) is 7.03. The predicted molar refractivity (Wildman–Crippen MR) is 131 cm³/mol. The first kappa shape index (κ1) is 22.1. The van der Waals surface area contributed by atoms with E-state index in [0.29, 0.717) is 0 Å². The average Bonchev–Trinajstić information content (AvgIpc) is 3.06. The van der Waals surface area contributed by atoms with Crippen LogP contribution in [0.1, 0.15) is 16.7 Å². The van der Waals surface area contributed by atoms with Crippen LogP contribution >= 0.6 is 24.0 Å². The van der Waals surface area contributed by atoms with Crippen molar-refractivity contribution in [1.82, 2.24) is 15.6 Å². The van der Waals surface area contributed by atoms with E-state index in [1.165, 1.54) is 33.3 Å². The first-order chi connectivity index (χ1) is 13.1. The Kier molecular flexibility index (Phi) is 8.17. The van der Waals surface area contributed by atoms with E-state index in [0.717, 1.165) is 25.5 Å². The van der Waals surface area contributed by atoms with Gasteiger partial charge in [-0.05, 0) is 48.2 Å². The van der Waals surface area contributed by atoms with Crippen LogP contribution in [0.2, 0.25) is 0 Å². The number of nitrogens with zero attached hydrogens (tertiary/aromatic N) is 2. The van der Waals surface area contributed by atoms with Crippen molar-refractivity contribution in [1.29, 1.82) is 0 Å². The molecular weight excluding hydrogens is 461 g/mol. The second kappa shape index (κ2) is 10.4. The van der Waals surface area contributed by atoms with Gasteiger partial charge in [-0.15, -0.1) is 24.0 Å². The molecule has 3 rings (SSSR count). The molecule has 0 bridgehead atoms. The molecule has 28 heavy (non-hydrogen) atoms. The van der Waals surface area contributed by atoms with Crippen molar-refractivity contribution in [2.24, 2.45) is 4.99 Å². The molecule has 6 heteroatoms. The SMILES string of the molecule is CN=C(NCCc1c[nH]c2cc(C)ccc12)NCc1ccc(N(C)C)cc1.I. The van der Waals surface area contributed by atoms with E-state index < -0.39 is 0 Å². The topological polar surface area (TPSA) is 55.5 Å². The number of nitrogens with one attached hydrogen (secondary N) is 3. The summed E-state index contributed by atoms with van der Waals surface area (Å²) in [7, 11) is 5.90. The summed E-state index contributed by atoms with van der Waals surface area (Å²) in [6.45, 7) is 3.70. The Morgan fingerprint density at radius 1 is 1.07 bits per heavy atom. The highest BCUT2D eigenvalue weighted by atomic mass is 127. The third kappa shape index (κ3) is 5.64. The van der Waals surface area contributed by atoms with Gasteiger partial charge in [-0.1, -0.05) is 24.3 Å². The molecule has 0 saturated heterocycles. The van der Waals surface area contributed by atoms with Crippen LogP contribution in [0.15, 0.2) is 53.7 Å². The lowest BCUT2D eigenvalue weighted by Crippen LogP contribution is -2.37. The molecule has 0 aliphatic carbocycles. The summed E-state index contributed by atoms with van der Waals surface area (Å²) in [4.78, 5) is 9.78. The molecule has 150 valence electrons. The first-order valence-electron chi connectivity index (χ1n) is 9.34. The number of anilines is 1. The van der Waals surface area contributed by atoms with Gasteiger partial charge in [0.25, 0.3) is 0 Å². The number of rotatable bonds is 6. The maximum Gasteiger partial charge on any atom is 0.191 e. The van der Waals surface area contributed by atoms with Crippen molar-refractivity contribution in [2.75, 3.05) is 32.6 Å². The zero-order chi connectivity index (χ0) is 19.2. The minimum atomic E-state index is 0. The van der Waals surface area contributed by atoms with Gasteiger partial charge >= 0.3 is 0 Å². The third-order valence-electron chi connectivity index (χ3n) is 4.75. The minimum Gasteiger partial charge on any atom is -0.378 e. The summed E-state index contributed by atoms with van der Waals surface area (Å²) in [5, 5.41) is 8.07. The minimum absolute atomic E-state index is 0. The molecule has 5 nitrogen and oxygen atoms in total. The van der Waals surface area contributed by atoms with Crippen LogP contribution in [0.5, 0.6) is 0 Å². The Labute approximate surface area is 184 Å². The highest BCUT2D eigenvalue weighted by Gasteiger charge is 2.05. The molecule has 0 aliphatic heterocycles. The fourth-order valence-electron chi connectivity index (χ4n) is 3.14. The Balaban J connectivity index is 0.00000280. The van der Waals surface area contributed by atoms with E-state index in [2.05, 4.69) is 81.1 Å². The molecule has 0 saturated carbocycles. The van der Waals surface area contributed by atoms with E-state index in [1.807, 2.05) is 14.1 Å². The monoisotopic (exact) mass is 491 g/mol. The number of guanidine groups is 1. The largest absolute Gasteiger partial charge is 0.378 e. The lowest BCUT2D eigenvalue weighted by Gasteiger charge is -2.14. The summed E-state index contributed by atoms with van der Waals surface area (Å²) >= 11 is 0. The molecule has 3 aromatic rings. The van der Waals surface area contributed by atoms with Crippen LogP contribution < -0.4 is 15.5 Å². The molecule has 1 aromatic heterocycles. The van der Waals surface area contributed by atoms with E-state index in [9.17, 15) is 0 Å². The molecule has 0 amide bonds. The summed E-state index contributed by atoms with van der Waals surface area (Å²) < 4.78 is 0. The van der Waals surface area contributed by atoms with Crippen molar-refractivity contribution in [3.05, 3.63) is 65.4 Å². The van der Waals surface area contributed by atoms with E-state index >= 15 is 0 Å². The van der Waals surface area contributed by atoms with Crippen LogP contribution in [-0.4, -0.2) is 38.6 Å². The molecule has 2 aromatic carbocycles. The molecule has 0 aliphatic rings. The number of H-pyrrole nitrogens is 1.